The molecule has 90 valence electrons. The number of benzene rings is 1. The van der Waals surface area contributed by atoms with Crippen LogP contribution >= 0.6 is 8.19 Å². The van der Waals surface area contributed by atoms with E-state index in [1.807, 2.05) is 6.92 Å². The van der Waals surface area contributed by atoms with Crippen LogP contribution in [0.4, 0.5) is 0 Å². The van der Waals surface area contributed by atoms with Crippen LogP contribution < -0.4 is 5.73 Å². The molecule has 0 saturated heterocycles. The topological polar surface area (TPSA) is 26.0 Å². The quantitative estimate of drug-likeness (QED) is 0.780. The molecule has 2 aromatic rings. The number of hydrogen-bond acceptors (Lipinski definition) is 1. The molecule has 1 aromatic carbocycles. The second kappa shape index (κ2) is 5.66. The van der Waals surface area contributed by atoms with Crippen LogP contribution in [0.1, 0.15) is 12.5 Å². The SMILES string of the molecule is C=C/C(=C(/C)N)c1ccc(-c2cccpc2)cc1. The summed E-state index contributed by atoms with van der Waals surface area (Å²) < 4.78 is 0. The molecule has 0 aliphatic carbocycles. The smallest absolute Gasteiger partial charge is 0.0128 e. The van der Waals surface area contributed by atoms with Crippen LogP contribution in [0, 0.1) is 0 Å². The third-order valence-electron chi connectivity index (χ3n) is 2.82. The Hall–Kier alpha value is -1.85. The lowest BCUT2D eigenvalue weighted by molar-refractivity contribution is 1.32. The van der Waals surface area contributed by atoms with Crippen LogP contribution in [0.15, 0.2) is 66.3 Å². The van der Waals surface area contributed by atoms with E-state index in [-0.39, 0.29) is 0 Å². The highest BCUT2D eigenvalue weighted by molar-refractivity contribution is 7.28. The van der Waals surface area contributed by atoms with E-state index >= 15 is 0 Å². The summed E-state index contributed by atoms with van der Waals surface area (Å²) >= 11 is 0. The predicted molar refractivity (Wildman–Crippen MR) is 81.4 cm³/mol. The Balaban J connectivity index is 2.37. The summed E-state index contributed by atoms with van der Waals surface area (Å²) in [6.07, 6.45) is 1.80. The monoisotopic (exact) mass is 253 g/mol. The zero-order valence-corrected chi connectivity index (χ0v) is 11.3. The lowest BCUT2D eigenvalue weighted by Gasteiger charge is -2.07. The molecule has 0 radical (unpaired) electrons. The summed E-state index contributed by atoms with van der Waals surface area (Å²) in [5.74, 6) is 4.32. The van der Waals surface area contributed by atoms with Crippen LogP contribution in [0.5, 0.6) is 0 Å². The van der Waals surface area contributed by atoms with Crippen molar-refractivity contribution in [2.45, 2.75) is 6.92 Å². The molecule has 0 aliphatic heterocycles. The fraction of sp³-hybridized carbons (Fsp3) is 0.0625. The van der Waals surface area contributed by atoms with Gasteiger partial charge in [0.1, 0.15) is 0 Å². The predicted octanol–water partition coefficient (Wildman–Crippen LogP) is 4.81. The van der Waals surface area contributed by atoms with Gasteiger partial charge in [-0.2, -0.15) is 0 Å². The molecule has 0 aliphatic rings. The molecule has 0 fully saturated rings. The molecular formula is C16H16NP. The summed E-state index contributed by atoms with van der Waals surface area (Å²) in [6, 6.07) is 12.6. The number of nitrogens with two attached hydrogens (primary N) is 1. The van der Waals surface area contributed by atoms with Gasteiger partial charge in [-0.05, 0) is 40.8 Å². The average molecular weight is 253 g/mol. The highest BCUT2D eigenvalue weighted by Gasteiger charge is 2.01. The maximum absolute atomic E-state index is 5.84. The van der Waals surface area contributed by atoms with E-state index < -0.39 is 0 Å². The molecule has 1 heterocycles. The van der Waals surface area contributed by atoms with Gasteiger partial charge in [0.25, 0.3) is 0 Å². The Morgan fingerprint density at radius 1 is 1.17 bits per heavy atom. The van der Waals surface area contributed by atoms with Crippen LogP contribution in [0.3, 0.4) is 0 Å². The van der Waals surface area contributed by atoms with E-state index in [0.717, 1.165) is 16.8 Å². The maximum atomic E-state index is 5.84. The summed E-state index contributed by atoms with van der Waals surface area (Å²) in [5.41, 5.74) is 11.2. The molecule has 0 spiro atoms. The van der Waals surface area contributed by atoms with E-state index in [2.05, 4.69) is 54.6 Å². The molecule has 0 saturated carbocycles. The van der Waals surface area contributed by atoms with Gasteiger partial charge in [-0.15, -0.1) is 0 Å². The van der Waals surface area contributed by atoms with Crippen LogP contribution in [-0.2, 0) is 0 Å². The van der Waals surface area contributed by atoms with Crippen molar-refractivity contribution >= 4 is 13.8 Å². The standard InChI is InChI=1S/C16H16NP/c1-3-16(12(2)17)14-8-6-13(7-9-14)15-5-4-10-18-11-15/h3-11H,1,17H2,2H3/b16-12+. The summed E-state index contributed by atoms with van der Waals surface area (Å²) in [4.78, 5) is 0. The molecule has 2 rings (SSSR count). The number of hydrogen-bond donors (Lipinski definition) is 1. The summed E-state index contributed by atoms with van der Waals surface area (Å²) in [7, 11) is 1.24. The molecule has 0 unspecified atom stereocenters. The van der Waals surface area contributed by atoms with Crippen molar-refractivity contribution in [1.29, 1.82) is 0 Å². The zero-order chi connectivity index (χ0) is 13.0. The van der Waals surface area contributed by atoms with Gasteiger partial charge in [-0.3, -0.25) is 0 Å². The van der Waals surface area contributed by atoms with Gasteiger partial charge in [0.05, 0.1) is 0 Å². The van der Waals surface area contributed by atoms with Crippen molar-refractivity contribution in [3.8, 4) is 11.1 Å². The van der Waals surface area contributed by atoms with Crippen LogP contribution in [-0.4, -0.2) is 0 Å². The fourth-order valence-electron chi connectivity index (χ4n) is 1.88. The van der Waals surface area contributed by atoms with Crippen molar-refractivity contribution in [1.82, 2.24) is 0 Å². The lowest BCUT2D eigenvalue weighted by atomic mass is 10.0. The molecule has 2 heteroatoms. The van der Waals surface area contributed by atoms with E-state index in [1.165, 1.54) is 19.3 Å². The second-order valence-electron chi connectivity index (χ2n) is 4.12. The first kappa shape index (κ1) is 12.6. The van der Waals surface area contributed by atoms with Gasteiger partial charge < -0.3 is 5.73 Å². The van der Waals surface area contributed by atoms with E-state index in [1.54, 1.807) is 6.08 Å². The third-order valence-corrected chi connectivity index (χ3v) is 3.59. The highest BCUT2D eigenvalue weighted by Crippen LogP contribution is 2.25. The Morgan fingerprint density at radius 3 is 2.39 bits per heavy atom. The van der Waals surface area contributed by atoms with E-state index in [9.17, 15) is 0 Å². The van der Waals surface area contributed by atoms with Gasteiger partial charge in [-0.25, -0.2) is 0 Å². The fourth-order valence-corrected chi connectivity index (χ4v) is 2.55. The van der Waals surface area contributed by atoms with Gasteiger partial charge in [0.2, 0.25) is 0 Å². The molecule has 0 amide bonds. The molecule has 1 aromatic heterocycles. The maximum Gasteiger partial charge on any atom is 0.0128 e. The van der Waals surface area contributed by atoms with Crippen molar-refractivity contribution in [2.24, 2.45) is 5.73 Å². The Morgan fingerprint density at radius 2 is 1.89 bits per heavy atom. The van der Waals surface area contributed by atoms with Crippen LogP contribution in [0.2, 0.25) is 0 Å². The summed E-state index contributed by atoms with van der Waals surface area (Å²) in [6.45, 7) is 5.70. The minimum absolute atomic E-state index is 0.794. The Labute approximate surface area is 110 Å². The largest absolute Gasteiger partial charge is 0.402 e. The van der Waals surface area contributed by atoms with Crippen LogP contribution in [0.25, 0.3) is 16.7 Å². The summed E-state index contributed by atoms with van der Waals surface area (Å²) in [5, 5.41) is 0. The molecule has 2 N–H and O–H groups in total. The first-order valence-electron chi connectivity index (χ1n) is 5.82. The van der Waals surface area contributed by atoms with Crippen molar-refractivity contribution in [2.75, 3.05) is 0 Å². The van der Waals surface area contributed by atoms with Gasteiger partial charge >= 0.3 is 0 Å². The number of allylic oxidation sites excluding steroid dienone is 3. The Bertz CT molecular complexity index is 564. The van der Waals surface area contributed by atoms with Gasteiger partial charge in [0, 0.05) is 5.70 Å². The van der Waals surface area contributed by atoms with Gasteiger partial charge in [0.15, 0.2) is 0 Å². The van der Waals surface area contributed by atoms with E-state index in [0.29, 0.717) is 0 Å². The van der Waals surface area contributed by atoms with Crippen molar-refractivity contribution < 1.29 is 0 Å². The molecule has 18 heavy (non-hydrogen) atoms. The normalized spacial score (nSPS) is 12.3. The second-order valence-corrected chi connectivity index (χ2v) is 4.97. The first-order chi connectivity index (χ1) is 8.72. The molecule has 1 nitrogen and oxygen atoms in total. The van der Waals surface area contributed by atoms with Crippen molar-refractivity contribution in [3.05, 3.63) is 71.9 Å². The first-order valence-corrected chi connectivity index (χ1v) is 6.85. The average Bonchev–Trinajstić information content (AvgIpc) is 2.41. The van der Waals surface area contributed by atoms with Crippen molar-refractivity contribution in [3.63, 3.8) is 0 Å². The Kier molecular flexibility index (Phi) is 3.96. The van der Waals surface area contributed by atoms with Gasteiger partial charge in [-0.1, -0.05) is 57.2 Å². The molecule has 0 atom stereocenters. The minimum atomic E-state index is 0.794. The lowest BCUT2D eigenvalue weighted by Crippen LogP contribution is -1.95. The third kappa shape index (κ3) is 2.69. The minimum Gasteiger partial charge on any atom is -0.402 e. The number of rotatable bonds is 3. The molecule has 0 bridgehead atoms. The zero-order valence-electron chi connectivity index (χ0n) is 10.4. The van der Waals surface area contributed by atoms with E-state index in [4.69, 9.17) is 5.73 Å². The highest BCUT2D eigenvalue weighted by atomic mass is 31.0. The molecular weight excluding hydrogens is 237 g/mol.